The lowest BCUT2D eigenvalue weighted by molar-refractivity contribution is -0.137. The lowest BCUT2D eigenvalue weighted by Gasteiger charge is -2.17. The van der Waals surface area contributed by atoms with E-state index in [2.05, 4.69) is 0 Å². The third kappa shape index (κ3) is 2.40. The van der Waals surface area contributed by atoms with Gasteiger partial charge in [0.2, 0.25) is 0 Å². The summed E-state index contributed by atoms with van der Waals surface area (Å²) in [6, 6.07) is 6.92. The number of thiophene rings is 1. The first kappa shape index (κ1) is 13.4. The number of hydrogen-bond acceptors (Lipinski definition) is 4. The van der Waals surface area contributed by atoms with Gasteiger partial charge in [0.1, 0.15) is 12.4 Å². The maximum Gasteiger partial charge on any atom is 0.305 e. The Morgan fingerprint density at radius 3 is 3.05 bits per heavy atom. The summed E-state index contributed by atoms with van der Waals surface area (Å²) >= 11 is 7.54. The minimum atomic E-state index is -0.899. The molecule has 3 N–H and O–H groups in total. The van der Waals surface area contributed by atoms with Gasteiger partial charge in [-0.1, -0.05) is 11.6 Å². The monoisotopic (exact) mass is 309 g/mol. The highest BCUT2D eigenvalue weighted by atomic mass is 35.5. The number of hydrogen-bond donors (Lipinski definition) is 2. The lowest BCUT2D eigenvalue weighted by Crippen LogP contribution is -2.13. The number of aliphatic carboxylic acids is 1. The number of nitrogens with two attached hydrogens (primary N) is 1. The van der Waals surface area contributed by atoms with Gasteiger partial charge < -0.3 is 15.6 Å². The summed E-state index contributed by atoms with van der Waals surface area (Å²) in [4.78, 5) is 12.7. The Morgan fingerprint density at radius 1 is 1.50 bits per heavy atom. The van der Waals surface area contributed by atoms with Gasteiger partial charge in [-0.15, -0.1) is 11.3 Å². The Morgan fingerprint density at radius 2 is 2.30 bits per heavy atom. The van der Waals surface area contributed by atoms with E-state index in [-0.39, 0.29) is 6.42 Å². The van der Waals surface area contributed by atoms with Crippen LogP contribution >= 0.6 is 22.9 Å². The Bertz CT molecular complexity index is 683. The minimum absolute atomic E-state index is 0.0807. The van der Waals surface area contributed by atoms with E-state index in [0.29, 0.717) is 11.6 Å². The Hall–Kier alpha value is -1.56. The van der Waals surface area contributed by atoms with Crippen LogP contribution in [0.4, 0.5) is 0 Å². The number of fused-ring (bicyclic) bond motifs is 3. The standard InChI is InChI=1S/C14H12ClNO3S/c15-8-1-2-11-9(4-8)14-7(6-19-11)3-12(20-14)10(16)5-13(17)18/h1-4,10H,5-6,16H2,(H,17,18). The van der Waals surface area contributed by atoms with Gasteiger partial charge in [-0.3, -0.25) is 4.79 Å². The Kier molecular flexibility index (Phi) is 3.41. The van der Waals surface area contributed by atoms with Crippen LogP contribution in [0.15, 0.2) is 24.3 Å². The molecule has 0 radical (unpaired) electrons. The lowest BCUT2D eigenvalue weighted by atomic mass is 10.1. The normalized spacial score (nSPS) is 14.1. The van der Waals surface area contributed by atoms with Crippen LogP contribution in [0, 0.1) is 0 Å². The molecule has 0 spiro atoms. The van der Waals surface area contributed by atoms with Crippen LogP contribution in [0.5, 0.6) is 5.75 Å². The van der Waals surface area contributed by atoms with Gasteiger partial charge in [-0.2, -0.15) is 0 Å². The van der Waals surface area contributed by atoms with Crippen LogP contribution in [-0.2, 0) is 11.4 Å². The average molecular weight is 310 g/mol. The van der Waals surface area contributed by atoms with Crippen molar-refractivity contribution in [1.82, 2.24) is 0 Å². The predicted octanol–water partition coefficient (Wildman–Crippen LogP) is 3.44. The molecular formula is C14H12ClNO3S. The zero-order valence-electron chi connectivity index (χ0n) is 10.4. The zero-order chi connectivity index (χ0) is 14.3. The molecule has 20 heavy (non-hydrogen) atoms. The topological polar surface area (TPSA) is 72.6 Å². The molecule has 1 atom stereocenters. The number of rotatable bonds is 3. The molecule has 1 aromatic carbocycles. The zero-order valence-corrected chi connectivity index (χ0v) is 12.0. The summed E-state index contributed by atoms with van der Waals surface area (Å²) in [5.41, 5.74) is 7.89. The van der Waals surface area contributed by atoms with Crippen LogP contribution in [-0.4, -0.2) is 11.1 Å². The quantitative estimate of drug-likeness (QED) is 0.911. The van der Waals surface area contributed by atoms with Crippen molar-refractivity contribution in [3.63, 3.8) is 0 Å². The first-order valence-electron chi connectivity index (χ1n) is 6.07. The molecule has 6 heteroatoms. The highest BCUT2D eigenvalue weighted by Gasteiger charge is 2.23. The molecular weight excluding hydrogens is 298 g/mol. The number of carboxylic acids is 1. The average Bonchev–Trinajstić information content (AvgIpc) is 2.82. The smallest absolute Gasteiger partial charge is 0.305 e. The van der Waals surface area contributed by atoms with Crippen molar-refractivity contribution in [2.75, 3.05) is 0 Å². The summed E-state index contributed by atoms with van der Waals surface area (Å²) in [5.74, 6) is -0.106. The van der Waals surface area contributed by atoms with Crippen molar-refractivity contribution in [3.05, 3.63) is 39.7 Å². The van der Waals surface area contributed by atoms with Crippen LogP contribution < -0.4 is 10.5 Å². The second-order valence-corrected chi connectivity index (χ2v) is 6.16. The SMILES string of the molecule is NC(CC(=O)O)c1cc2c(s1)-c1cc(Cl)ccc1OC2. The highest BCUT2D eigenvalue weighted by Crippen LogP contribution is 2.44. The molecule has 104 valence electrons. The third-order valence-corrected chi connectivity index (χ3v) is 4.74. The molecule has 0 saturated heterocycles. The number of carboxylic acid groups (broad SMARTS) is 1. The molecule has 2 aromatic rings. The molecule has 0 amide bonds. The largest absolute Gasteiger partial charge is 0.488 e. The second kappa shape index (κ2) is 5.09. The van der Waals surface area contributed by atoms with E-state index >= 15 is 0 Å². The van der Waals surface area contributed by atoms with Crippen molar-refractivity contribution < 1.29 is 14.6 Å². The Balaban J connectivity index is 2.01. The molecule has 0 saturated carbocycles. The van der Waals surface area contributed by atoms with Gasteiger partial charge in [0.15, 0.2) is 0 Å². The van der Waals surface area contributed by atoms with Crippen molar-refractivity contribution in [1.29, 1.82) is 0 Å². The van der Waals surface area contributed by atoms with E-state index in [4.69, 9.17) is 27.2 Å². The maximum absolute atomic E-state index is 10.8. The molecule has 1 aromatic heterocycles. The first-order chi connectivity index (χ1) is 9.54. The molecule has 1 aliphatic heterocycles. The van der Waals surface area contributed by atoms with Crippen LogP contribution in [0.2, 0.25) is 5.02 Å². The molecule has 2 heterocycles. The fraction of sp³-hybridized carbons (Fsp3) is 0.214. The summed E-state index contributed by atoms with van der Waals surface area (Å²) in [5, 5.41) is 9.47. The fourth-order valence-corrected chi connectivity index (χ4v) is 3.58. The molecule has 0 fully saturated rings. The molecule has 3 rings (SSSR count). The molecule has 4 nitrogen and oxygen atoms in total. The van der Waals surface area contributed by atoms with Crippen molar-refractivity contribution in [2.24, 2.45) is 5.73 Å². The minimum Gasteiger partial charge on any atom is -0.488 e. The second-order valence-electron chi connectivity index (χ2n) is 4.64. The van der Waals surface area contributed by atoms with Crippen molar-refractivity contribution >= 4 is 28.9 Å². The maximum atomic E-state index is 10.8. The van der Waals surface area contributed by atoms with Gasteiger partial charge in [0, 0.05) is 31.9 Å². The van der Waals surface area contributed by atoms with E-state index in [1.54, 1.807) is 6.07 Å². The highest BCUT2D eigenvalue weighted by molar-refractivity contribution is 7.15. The van der Waals surface area contributed by atoms with E-state index in [1.807, 2.05) is 18.2 Å². The first-order valence-corrected chi connectivity index (χ1v) is 7.26. The molecule has 0 aliphatic carbocycles. The van der Waals surface area contributed by atoms with Gasteiger partial charge in [-0.25, -0.2) is 0 Å². The summed E-state index contributed by atoms with van der Waals surface area (Å²) in [7, 11) is 0. The number of carbonyl (C=O) groups is 1. The predicted molar refractivity (Wildman–Crippen MR) is 78.3 cm³/mol. The number of halogens is 1. The van der Waals surface area contributed by atoms with Crippen molar-refractivity contribution in [2.45, 2.75) is 19.1 Å². The molecule has 0 bridgehead atoms. The van der Waals surface area contributed by atoms with Gasteiger partial charge in [0.05, 0.1) is 6.42 Å². The van der Waals surface area contributed by atoms with Crippen LogP contribution in [0.3, 0.4) is 0 Å². The van der Waals surface area contributed by atoms with Crippen LogP contribution in [0.1, 0.15) is 22.9 Å². The Labute approximate surface area is 124 Å². The van der Waals surface area contributed by atoms with E-state index in [0.717, 1.165) is 26.6 Å². The van der Waals surface area contributed by atoms with Gasteiger partial charge >= 0.3 is 5.97 Å². The van der Waals surface area contributed by atoms with Gasteiger partial charge in [0.25, 0.3) is 0 Å². The van der Waals surface area contributed by atoms with E-state index < -0.39 is 12.0 Å². The van der Waals surface area contributed by atoms with Crippen molar-refractivity contribution in [3.8, 4) is 16.2 Å². The van der Waals surface area contributed by atoms with Crippen LogP contribution in [0.25, 0.3) is 10.4 Å². The number of ether oxygens (including phenoxy) is 1. The number of benzene rings is 1. The molecule has 1 unspecified atom stereocenters. The van der Waals surface area contributed by atoms with E-state index in [9.17, 15) is 4.79 Å². The molecule has 1 aliphatic rings. The fourth-order valence-electron chi connectivity index (χ4n) is 2.22. The summed E-state index contributed by atoms with van der Waals surface area (Å²) in [6.07, 6.45) is -0.0807. The third-order valence-electron chi connectivity index (χ3n) is 3.16. The summed E-state index contributed by atoms with van der Waals surface area (Å²) < 4.78 is 5.67. The summed E-state index contributed by atoms with van der Waals surface area (Å²) in [6.45, 7) is 0.472. The van der Waals surface area contributed by atoms with E-state index in [1.165, 1.54) is 11.3 Å². The van der Waals surface area contributed by atoms with Gasteiger partial charge in [-0.05, 0) is 24.3 Å².